The minimum atomic E-state index is -0.451. The second-order valence-electron chi connectivity index (χ2n) is 6.07. The highest BCUT2D eigenvalue weighted by Crippen LogP contribution is 2.40. The molecule has 1 aromatic carbocycles. The molecule has 110 valence electrons. The van der Waals surface area contributed by atoms with Gasteiger partial charge in [-0.15, -0.1) is 0 Å². The van der Waals surface area contributed by atoms with E-state index in [1.807, 2.05) is 30.3 Å². The molecular weight excluding hydrogens is 248 g/mol. The minimum Gasteiger partial charge on any atom is -0.354 e. The highest BCUT2D eigenvalue weighted by molar-refractivity contribution is 5.81. The summed E-state index contributed by atoms with van der Waals surface area (Å²) in [5, 5.41) is 3.07. The number of nitrogens with two attached hydrogens (primary N) is 1. The molecule has 1 aliphatic carbocycles. The number of amides is 1. The van der Waals surface area contributed by atoms with Crippen LogP contribution in [0.1, 0.15) is 44.6 Å². The zero-order chi connectivity index (χ0) is 14.4. The van der Waals surface area contributed by atoms with Gasteiger partial charge in [0, 0.05) is 6.54 Å². The van der Waals surface area contributed by atoms with E-state index < -0.39 is 6.04 Å². The number of hydrogen-bond acceptors (Lipinski definition) is 2. The molecule has 0 heterocycles. The highest BCUT2D eigenvalue weighted by Gasteiger charge is 2.32. The van der Waals surface area contributed by atoms with Crippen LogP contribution < -0.4 is 11.1 Å². The van der Waals surface area contributed by atoms with Crippen molar-refractivity contribution in [2.24, 2.45) is 11.1 Å². The summed E-state index contributed by atoms with van der Waals surface area (Å²) in [6, 6.07) is 9.50. The summed E-state index contributed by atoms with van der Waals surface area (Å²) in [6.45, 7) is 3.01. The van der Waals surface area contributed by atoms with Crippen LogP contribution in [0.2, 0.25) is 0 Å². The Labute approximate surface area is 121 Å². The second kappa shape index (κ2) is 6.89. The standard InChI is InChI=1S/C17H26N2O/c1-2-17(10-6-7-11-17)13-19-16(20)15(18)12-14-8-4-3-5-9-14/h3-5,8-9,15H,2,6-7,10-13,18H2,1H3,(H,19,20)/t15-/m1/s1. The molecule has 0 radical (unpaired) electrons. The van der Waals surface area contributed by atoms with Crippen LogP contribution in [0.3, 0.4) is 0 Å². The molecule has 0 aromatic heterocycles. The number of hydrogen-bond donors (Lipinski definition) is 2. The monoisotopic (exact) mass is 274 g/mol. The molecule has 0 aliphatic heterocycles. The van der Waals surface area contributed by atoms with E-state index in [2.05, 4.69) is 12.2 Å². The van der Waals surface area contributed by atoms with Crippen LogP contribution in [0.15, 0.2) is 30.3 Å². The van der Waals surface area contributed by atoms with Crippen LogP contribution in [0.4, 0.5) is 0 Å². The largest absolute Gasteiger partial charge is 0.354 e. The molecule has 1 aliphatic rings. The first kappa shape index (κ1) is 15.0. The van der Waals surface area contributed by atoms with Crippen molar-refractivity contribution >= 4 is 5.91 Å². The Kier molecular flexibility index (Phi) is 5.18. The molecule has 1 fully saturated rings. The van der Waals surface area contributed by atoms with Crippen molar-refractivity contribution in [3.05, 3.63) is 35.9 Å². The van der Waals surface area contributed by atoms with Gasteiger partial charge in [0.1, 0.15) is 0 Å². The van der Waals surface area contributed by atoms with Gasteiger partial charge in [0.25, 0.3) is 0 Å². The zero-order valence-corrected chi connectivity index (χ0v) is 12.4. The summed E-state index contributed by atoms with van der Waals surface area (Å²) in [4.78, 5) is 12.1. The third-order valence-electron chi connectivity index (χ3n) is 4.69. The Morgan fingerprint density at radius 1 is 1.30 bits per heavy atom. The third-order valence-corrected chi connectivity index (χ3v) is 4.69. The molecule has 1 saturated carbocycles. The zero-order valence-electron chi connectivity index (χ0n) is 12.4. The van der Waals surface area contributed by atoms with E-state index in [1.165, 1.54) is 25.7 Å². The average Bonchev–Trinajstić information content (AvgIpc) is 2.95. The van der Waals surface area contributed by atoms with Crippen molar-refractivity contribution in [2.75, 3.05) is 6.54 Å². The summed E-state index contributed by atoms with van der Waals surface area (Å²) in [7, 11) is 0. The van der Waals surface area contributed by atoms with Crippen LogP contribution in [0, 0.1) is 5.41 Å². The van der Waals surface area contributed by atoms with Gasteiger partial charge in [0.2, 0.25) is 5.91 Å². The lowest BCUT2D eigenvalue weighted by atomic mass is 9.83. The van der Waals surface area contributed by atoms with Crippen molar-refractivity contribution in [1.29, 1.82) is 0 Å². The van der Waals surface area contributed by atoms with Crippen molar-refractivity contribution in [3.8, 4) is 0 Å². The molecule has 0 unspecified atom stereocenters. The van der Waals surface area contributed by atoms with Crippen LogP contribution in [0.5, 0.6) is 0 Å². The van der Waals surface area contributed by atoms with Gasteiger partial charge in [0.05, 0.1) is 6.04 Å². The minimum absolute atomic E-state index is 0.0198. The van der Waals surface area contributed by atoms with E-state index in [4.69, 9.17) is 5.73 Å². The lowest BCUT2D eigenvalue weighted by Crippen LogP contribution is -2.45. The van der Waals surface area contributed by atoms with Gasteiger partial charge in [0.15, 0.2) is 0 Å². The number of carbonyl (C=O) groups is 1. The summed E-state index contributed by atoms with van der Waals surface area (Å²) < 4.78 is 0. The summed E-state index contributed by atoms with van der Waals surface area (Å²) in [6.07, 6.45) is 6.79. The van der Waals surface area contributed by atoms with E-state index in [0.717, 1.165) is 18.5 Å². The molecule has 3 heteroatoms. The number of benzene rings is 1. The maximum absolute atomic E-state index is 12.1. The van der Waals surface area contributed by atoms with E-state index in [-0.39, 0.29) is 5.91 Å². The Hall–Kier alpha value is -1.35. The van der Waals surface area contributed by atoms with E-state index in [0.29, 0.717) is 11.8 Å². The van der Waals surface area contributed by atoms with Gasteiger partial charge in [-0.2, -0.15) is 0 Å². The van der Waals surface area contributed by atoms with Crippen molar-refractivity contribution in [2.45, 2.75) is 51.5 Å². The van der Waals surface area contributed by atoms with Crippen molar-refractivity contribution < 1.29 is 4.79 Å². The summed E-state index contributed by atoms with van der Waals surface area (Å²) in [5.41, 5.74) is 7.44. The van der Waals surface area contributed by atoms with Crippen molar-refractivity contribution in [1.82, 2.24) is 5.32 Å². The van der Waals surface area contributed by atoms with Crippen LogP contribution in [-0.2, 0) is 11.2 Å². The predicted molar refractivity (Wildman–Crippen MR) is 82.3 cm³/mol. The van der Waals surface area contributed by atoms with E-state index >= 15 is 0 Å². The first-order chi connectivity index (χ1) is 9.65. The molecule has 1 aromatic rings. The summed E-state index contributed by atoms with van der Waals surface area (Å²) >= 11 is 0. The van der Waals surface area contributed by atoms with E-state index in [9.17, 15) is 4.79 Å². The molecule has 2 rings (SSSR count). The first-order valence-electron chi connectivity index (χ1n) is 7.72. The highest BCUT2D eigenvalue weighted by atomic mass is 16.2. The quantitative estimate of drug-likeness (QED) is 0.838. The molecule has 0 saturated heterocycles. The molecule has 1 atom stereocenters. The van der Waals surface area contributed by atoms with Gasteiger partial charge in [-0.1, -0.05) is 50.1 Å². The Balaban J connectivity index is 1.82. The lowest BCUT2D eigenvalue weighted by Gasteiger charge is -2.28. The Bertz CT molecular complexity index is 424. The van der Waals surface area contributed by atoms with Crippen LogP contribution >= 0.6 is 0 Å². The molecule has 3 N–H and O–H groups in total. The second-order valence-corrected chi connectivity index (χ2v) is 6.07. The molecule has 0 bridgehead atoms. The predicted octanol–water partition coefficient (Wildman–Crippen LogP) is 2.64. The fourth-order valence-corrected chi connectivity index (χ4v) is 3.15. The van der Waals surface area contributed by atoms with Crippen molar-refractivity contribution in [3.63, 3.8) is 0 Å². The third kappa shape index (κ3) is 3.83. The van der Waals surface area contributed by atoms with Gasteiger partial charge in [-0.25, -0.2) is 0 Å². The molecule has 3 nitrogen and oxygen atoms in total. The molecule has 0 spiro atoms. The maximum Gasteiger partial charge on any atom is 0.237 e. The fraction of sp³-hybridized carbons (Fsp3) is 0.588. The van der Waals surface area contributed by atoms with Gasteiger partial charge in [-0.05, 0) is 36.7 Å². The van der Waals surface area contributed by atoms with Crippen LogP contribution in [0.25, 0.3) is 0 Å². The van der Waals surface area contributed by atoms with E-state index in [1.54, 1.807) is 0 Å². The topological polar surface area (TPSA) is 55.1 Å². The Morgan fingerprint density at radius 3 is 2.55 bits per heavy atom. The number of rotatable bonds is 6. The SMILES string of the molecule is CCC1(CNC(=O)[C@H](N)Cc2ccccc2)CCCC1. The molecular formula is C17H26N2O. The Morgan fingerprint density at radius 2 is 1.95 bits per heavy atom. The van der Waals surface area contributed by atoms with Gasteiger partial charge >= 0.3 is 0 Å². The van der Waals surface area contributed by atoms with Gasteiger partial charge in [-0.3, -0.25) is 4.79 Å². The summed E-state index contributed by atoms with van der Waals surface area (Å²) in [5.74, 6) is -0.0198. The average molecular weight is 274 g/mol. The first-order valence-corrected chi connectivity index (χ1v) is 7.72. The maximum atomic E-state index is 12.1. The molecule has 20 heavy (non-hydrogen) atoms. The lowest BCUT2D eigenvalue weighted by molar-refractivity contribution is -0.122. The van der Waals surface area contributed by atoms with Crippen LogP contribution in [-0.4, -0.2) is 18.5 Å². The normalized spacial score (nSPS) is 18.7. The molecule has 1 amide bonds. The number of nitrogens with one attached hydrogen (secondary N) is 1. The smallest absolute Gasteiger partial charge is 0.237 e. The van der Waals surface area contributed by atoms with Gasteiger partial charge < -0.3 is 11.1 Å². The number of carbonyl (C=O) groups excluding carboxylic acids is 1. The fourth-order valence-electron chi connectivity index (χ4n) is 3.15.